The molecule has 0 radical (unpaired) electrons. The summed E-state index contributed by atoms with van der Waals surface area (Å²) in [5, 5.41) is 19.1. The Labute approximate surface area is 146 Å². The van der Waals surface area contributed by atoms with E-state index in [0.717, 1.165) is 24.1 Å². The van der Waals surface area contributed by atoms with E-state index in [1.807, 2.05) is 6.07 Å². The lowest BCUT2D eigenvalue weighted by atomic mass is 9.81. The van der Waals surface area contributed by atoms with Gasteiger partial charge in [0.05, 0.1) is 18.2 Å². The van der Waals surface area contributed by atoms with Crippen molar-refractivity contribution in [1.29, 1.82) is 5.26 Å². The van der Waals surface area contributed by atoms with E-state index in [-0.39, 0.29) is 17.8 Å². The Kier molecular flexibility index (Phi) is 5.12. The van der Waals surface area contributed by atoms with Gasteiger partial charge in [-0.3, -0.25) is 4.90 Å². The number of likely N-dealkylation sites (tertiary alicyclic amines) is 1. The number of nitrogens with zero attached hydrogens (tertiary/aromatic N) is 2. The molecule has 1 atom stereocenters. The van der Waals surface area contributed by atoms with E-state index < -0.39 is 5.82 Å². The van der Waals surface area contributed by atoms with E-state index >= 15 is 0 Å². The van der Waals surface area contributed by atoms with Crippen molar-refractivity contribution in [3.63, 3.8) is 0 Å². The third kappa shape index (κ3) is 4.04. The van der Waals surface area contributed by atoms with E-state index in [0.29, 0.717) is 25.1 Å². The Morgan fingerprint density at radius 1 is 1.12 bits per heavy atom. The van der Waals surface area contributed by atoms with Crippen LogP contribution in [0, 0.1) is 28.4 Å². The van der Waals surface area contributed by atoms with E-state index in [2.05, 4.69) is 4.90 Å². The molecular weight excluding hydrogens is 322 g/mol. The summed E-state index contributed by atoms with van der Waals surface area (Å²) < 4.78 is 26.3. The van der Waals surface area contributed by atoms with Crippen LogP contribution >= 0.6 is 0 Å². The van der Waals surface area contributed by atoms with Crippen LogP contribution in [0.15, 0.2) is 42.5 Å². The third-order valence-corrected chi connectivity index (χ3v) is 4.93. The second-order valence-corrected chi connectivity index (χ2v) is 6.84. The third-order valence-electron chi connectivity index (χ3n) is 4.93. The van der Waals surface area contributed by atoms with Crippen LogP contribution in [0.5, 0.6) is 0 Å². The van der Waals surface area contributed by atoms with Gasteiger partial charge in [-0.25, -0.2) is 8.78 Å². The maximum Gasteiger partial charge on any atom is 0.124 e. The van der Waals surface area contributed by atoms with Crippen LogP contribution in [0.1, 0.15) is 23.1 Å². The van der Waals surface area contributed by atoms with Gasteiger partial charge in [-0.05, 0) is 54.8 Å². The van der Waals surface area contributed by atoms with Crippen molar-refractivity contribution in [1.82, 2.24) is 4.90 Å². The number of hydrogen-bond donors (Lipinski definition) is 1. The highest BCUT2D eigenvalue weighted by atomic mass is 19.1. The molecule has 1 aliphatic heterocycles. The molecule has 5 heteroatoms. The second-order valence-electron chi connectivity index (χ2n) is 6.84. The highest BCUT2D eigenvalue weighted by Crippen LogP contribution is 2.35. The van der Waals surface area contributed by atoms with Gasteiger partial charge in [0.2, 0.25) is 0 Å². The van der Waals surface area contributed by atoms with Gasteiger partial charge < -0.3 is 5.11 Å². The van der Waals surface area contributed by atoms with Gasteiger partial charge in [-0.1, -0.05) is 18.2 Å². The Balaban J connectivity index is 1.71. The summed E-state index contributed by atoms with van der Waals surface area (Å²) in [6.45, 7) is 2.08. The Bertz CT molecular complexity index is 785. The van der Waals surface area contributed by atoms with E-state index in [9.17, 15) is 19.1 Å². The van der Waals surface area contributed by atoms with Crippen LogP contribution in [-0.4, -0.2) is 29.7 Å². The van der Waals surface area contributed by atoms with E-state index in [1.165, 1.54) is 24.3 Å². The van der Waals surface area contributed by atoms with Crippen molar-refractivity contribution in [2.75, 3.05) is 19.7 Å². The molecule has 0 aliphatic carbocycles. The van der Waals surface area contributed by atoms with Gasteiger partial charge in [0.25, 0.3) is 0 Å². The first-order valence-electron chi connectivity index (χ1n) is 8.30. The minimum Gasteiger partial charge on any atom is -0.396 e. The summed E-state index contributed by atoms with van der Waals surface area (Å²) in [5.41, 5.74) is 1.86. The average molecular weight is 342 g/mol. The Morgan fingerprint density at radius 3 is 2.52 bits per heavy atom. The number of benzene rings is 2. The molecule has 0 bridgehead atoms. The van der Waals surface area contributed by atoms with Crippen molar-refractivity contribution in [3.8, 4) is 6.07 Å². The van der Waals surface area contributed by atoms with Gasteiger partial charge in [-0.15, -0.1) is 0 Å². The zero-order valence-electron chi connectivity index (χ0n) is 13.9. The van der Waals surface area contributed by atoms with Gasteiger partial charge in [0.15, 0.2) is 0 Å². The molecule has 0 spiro atoms. The summed E-state index contributed by atoms with van der Waals surface area (Å²) >= 11 is 0. The largest absolute Gasteiger partial charge is 0.396 e. The fourth-order valence-electron chi connectivity index (χ4n) is 3.56. The summed E-state index contributed by atoms with van der Waals surface area (Å²) in [6, 6.07) is 12.7. The molecule has 0 aromatic heterocycles. The zero-order chi connectivity index (χ0) is 17.9. The molecule has 3 rings (SSSR count). The predicted molar refractivity (Wildman–Crippen MR) is 90.6 cm³/mol. The summed E-state index contributed by atoms with van der Waals surface area (Å²) in [6.07, 6.45) is 1.50. The van der Waals surface area contributed by atoms with Crippen molar-refractivity contribution < 1.29 is 13.9 Å². The standard InChI is InChI=1S/C20H20F2N2O/c21-18-4-1-15(2-5-18)10-20(14-25)7-8-24(13-20)12-16-3-6-19(22)9-17(16)11-23/h1-6,9,25H,7-8,10,12-14H2. The lowest BCUT2D eigenvalue weighted by Crippen LogP contribution is -2.32. The quantitative estimate of drug-likeness (QED) is 0.907. The van der Waals surface area contributed by atoms with Crippen molar-refractivity contribution >= 4 is 0 Å². The van der Waals surface area contributed by atoms with Gasteiger partial charge in [0, 0.05) is 18.5 Å². The second kappa shape index (κ2) is 7.30. The van der Waals surface area contributed by atoms with Gasteiger partial charge in [0.1, 0.15) is 11.6 Å². The number of aliphatic hydroxyl groups excluding tert-OH is 1. The molecule has 0 saturated carbocycles. The molecule has 3 nitrogen and oxygen atoms in total. The number of rotatable bonds is 5. The highest BCUT2D eigenvalue weighted by Gasteiger charge is 2.37. The van der Waals surface area contributed by atoms with Gasteiger partial charge >= 0.3 is 0 Å². The Hall–Kier alpha value is -2.29. The first-order chi connectivity index (χ1) is 12.0. The molecule has 0 amide bonds. The molecule has 2 aromatic carbocycles. The molecule has 2 aromatic rings. The smallest absolute Gasteiger partial charge is 0.124 e. The Morgan fingerprint density at radius 2 is 1.84 bits per heavy atom. The summed E-state index contributed by atoms with van der Waals surface area (Å²) in [5.74, 6) is -0.682. The van der Waals surface area contributed by atoms with Crippen molar-refractivity contribution in [2.24, 2.45) is 5.41 Å². The van der Waals surface area contributed by atoms with Crippen molar-refractivity contribution in [2.45, 2.75) is 19.4 Å². The van der Waals surface area contributed by atoms with E-state index in [1.54, 1.807) is 18.2 Å². The van der Waals surface area contributed by atoms with Gasteiger partial charge in [-0.2, -0.15) is 5.26 Å². The number of halogens is 2. The first kappa shape index (κ1) is 17.5. The number of nitriles is 1. The SMILES string of the molecule is N#Cc1cc(F)ccc1CN1CCC(CO)(Cc2ccc(F)cc2)C1. The van der Waals surface area contributed by atoms with Crippen molar-refractivity contribution in [3.05, 3.63) is 70.8 Å². The normalized spacial score (nSPS) is 20.6. The molecule has 1 fully saturated rings. The molecule has 1 heterocycles. The lowest BCUT2D eigenvalue weighted by Gasteiger charge is -2.27. The summed E-state index contributed by atoms with van der Waals surface area (Å²) in [7, 11) is 0. The van der Waals surface area contributed by atoms with Crippen LogP contribution < -0.4 is 0 Å². The summed E-state index contributed by atoms with van der Waals surface area (Å²) in [4.78, 5) is 2.17. The molecule has 1 aliphatic rings. The fourth-order valence-corrected chi connectivity index (χ4v) is 3.56. The minimum atomic E-state index is -0.414. The fraction of sp³-hybridized carbons (Fsp3) is 0.350. The number of aliphatic hydroxyl groups is 1. The molecular formula is C20H20F2N2O. The minimum absolute atomic E-state index is 0.0510. The first-order valence-corrected chi connectivity index (χ1v) is 8.30. The molecule has 1 N–H and O–H groups in total. The maximum absolute atomic E-state index is 13.3. The highest BCUT2D eigenvalue weighted by molar-refractivity contribution is 5.38. The number of hydrogen-bond acceptors (Lipinski definition) is 3. The lowest BCUT2D eigenvalue weighted by molar-refractivity contribution is 0.127. The van der Waals surface area contributed by atoms with E-state index in [4.69, 9.17) is 0 Å². The zero-order valence-corrected chi connectivity index (χ0v) is 13.9. The predicted octanol–water partition coefficient (Wildman–Crippen LogP) is 3.26. The molecule has 130 valence electrons. The monoisotopic (exact) mass is 342 g/mol. The average Bonchev–Trinajstić information content (AvgIpc) is 3.02. The maximum atomic E-state index is 13.3. The molecule has 1 saturated heterocycles. The topological polar surface area (TPSA) is 47.3 Å². The van der Waals surface area contributed by atoms with Crippen LogP contribution in [0.4, 0.5) is 8.78 Å². The van der Waals surface area contributed by atoms with Crippen LogP contribution in [0.25, 0.3) is 0 Å². The van der Waals surface area contributed by atoms with Crippen LogP contribution in [0.2, 0.25) is 0 Å². The molecule has 25 heavy (non-hydrogen) atoms. The molecule has 1 unspecified atom stereocenters. The van der Waals surface area contributed by atoms with Crippen LogP contribution in [0.3, 0.4) is 0 Å². The van der Waals surface area contributed by atoms with Crippen LogP contribution in [-0.2, 0) is 13.0 Å².